The Hall–Kier alpha value is -2.69. The van der Waals surface area contributed by atoms with Gasteiger partial charge in [-0.2, -0.15) is 5.10 Å². The first-order valence-corrected chi connectivity index (χ1v) is 5.88. The molecule has 5 heteroatoms. The summed E-state index contributed by atoms with van der Waals surface area (Å²) in [5, 5.41) is 16.9. The van der Waals surface area contributed by atoms with Gasteiger partial charge in [-0.15, -0.1) is 0 Å². The summed E-state index contributed by atoms with van der Waals surface area (Å²) < 4.78 is 0. The van der Waals surface area contributed by atoms with Crippen LogP contribution in [0.3, 0.4) is 0 Å². The summed E-state index contributed by atoms with van der Waals surface area (Å²) in [7, 11) is 0. The summed E-state index contributed by atoms with van der Waals surface area (Å²) in [6, 6.07) is 14.5. The van der Waals surface area contributed by atoms with Crippen molar-refractivity contribution >= 4 is 17.6 Å². The predicted molar refractivity (Wildman–Crippen MR) is 73.3 cm³/mol. The van der Waals surface area contributed by atoms with Crippen LogP contribution in [-0.4, -0.2) is 11.1 Å². The molecule has 0 atom stereocenters. The van der Waals surface area contributed by atoms with Gasteiger partial charge in [-0.05, 0) is 17.2 Å². The first kappa shape index (κ1) is 11.4. The zero-order valence-corrected chi connectivity index (χ0v) is 10.1. The monoisotopic (exact) mass is 253 g/mol. The van der Waals surface area contributed by atoms with Crippen LogP contribution in [0.5, 0.6) is 0 Å². The molecule has 2 aromatic rings. The summed E-state index contributed by atoms with van der Waals surface area (Å²) >= 11 is 0. The number of hydrogen-bond acceptors (Lipinski definition) is 4. The van der Waals surface area contributed by atoms with E-state index in [-0.39, 0.29) is 5.69 Å². The average molecular weight is 253 g/mol. The lowest BCUT2D eigenvalue weighted by Gasteiger charge is -2.23. The lowest BCUT2D eigenvalue weighted by atomic mass is 10.1. The van der Waals surface area contributed by atoms with Gasteiger partial charge in [-0.3, -0.25) is 15.1 Å². The maximum atomic E-state index is 10.8. The SMILES string of the molecule is O=[N+]([O-])c1cccc(N2Cc3ccccc3C=N2)c1. The highest BCUT2D eigenvalue weighted by Crippen LogP contribution is 2.25. The zero-order chi connectivity index (χ0) is 13.2. The van der Waals surface area contributed by atoms with Crippen LogP contribution in [0.15, 0.2) is 53.6 Å². The third-order valence-corrected chi connectivity index (χ3v) is 3.05. The number of nitrogens with zero attached hydrogens (tertiary/aromatic N) is 3. The van der Waals surface area contributed by atoms with E-state index in [1.165, 1.54) is 12.1 Å². The maximum Gasteiger partial charge on any atom is 0.271 e. The van der Waals surface area contributed by atoms with Gasteiger partial charge in [0.05, 0.1) is 23.4 Å². The topological polar surface area (TPSA) is 58.7 Å². The molecular weight excluding hydrogens is 242 g/mol. The molecule has 19 heavy (non-hydrogen) atoms. The molecule has 0 saturated heterocycles. The van der Waals surface area contributed by atoms with Crippen LogP contribution in [0, 0.1) is 10.1 Å². The number of non-ortho nitro benzene ring substituents is 1. The van der Waals surface area contributed by atoms with E-state index in [0.29, 0.717) is 6.54 Å². The largest absolute Gasteiger partial charge is 0.271 e. The summed E-state index contributed by atoms with van der Waals surface area (Å²) in [5.41, 5.74) is 3.04. The molecular formula is C14H11N3O2. The summed E-state index contributed by atoms with van der Waals surface area (Å²) in [5.74, 6) is 0. The Bertz CT molecular complexity index is 667. The highest BCUT2D eigenvalue weighted by Gasteiger charge is 2.15. The van der Waals surface area contributed by atoms with Gasteiger partial charge < -0.3 is 0 Å². The third kappa shape index (κ3) is 2.18. The summed E-state index contributed by atoms with van der Waals surface area (Å²) in [6.07, 6.45) is 1.78. The Kier molecular flexibility index (Phi) is 2.72. The van der Waals surface area contributed by atoms with Gasteiger partial charge in [0.15, 0.2) is 0 Å². The Labute approximate surface area is 109 Å². The van der Waals surface area contributed by atoms with E-state index < -0.39 is 4.92 Å². The minimum absolute atomic E-state index is 0.0755. The molecule has 0 aromatic heterocycles. The van der Waals surface area contributed by atoms with Gasteiger partial charge in [0.1, 0.15) is 0 Å². The fraction of sp³-hybridized carbons (Fsp3) is 0.0714. The molecule has 1 aliphatic heterocycles. The highest BCUT2D eigenvalue weighted by molar-refractivity contribution is 5.84. The normalized spacial score (nSPS) is 13.2. The van der Waals surface area contributed by atoms with Crippen LogP contribution in [0.1, 0.15) is 11.1 Å². The van der Waals surface area contributed by atoms with E-state index in [4.69, 9.17) is 0 Å². The second kappa shape index (κ2) is 4.53. The molecule has 3 rings (SSSR count). The first-order chi connectivity index (χ1) is 9.24. The fourth-order valence-corrected chi connectivity index (χ4v) is 2.06. The molecule has 1 heterocycles. The molecule has 0 fully saturated rings. The van der Waals surface area contributed by atoms with Crippen molar-refractivity contribution in [3.63, 3.8) is 0 Å². The van der Waals surface area contributed by atoms with Crippen molar-refractivity contribution in [1.82, 2.24) is 0 Å². The summed E-state index contributed by atoms with van der Waals surface area (Å²) in [4.78, 5) is 10.4. The smallest absolute Gasteiger partial charge is 0.261 e. The molecule has 0 N–H and O–H groups in total. The first-order valence-electron chi connectivity index (χ1n) is 5.88. The lowest BCUT2D eigenvalue weighted by Crippen LogP contribution is -2.20. The van der Waals surface area contributed by atoms with Crippen molar-refractivity contribution in [3.05, 3.63) is 69.8 Å². The van der Waals surface area contributed by atoms with Crippen LogP contribution < -0.4 is 5.01 Å². The molecule has 0 bridgehead atoms. The number of rotatable bonds is 2. The van der Waals surface area contributed by atoms with Crippen LogP contribution >= 0.6 is 0 Å². The second-order valence-electron chi connectivity index (χ2n) is 4.28. The molecule has 0 radical (unpaired) electrons. The van der Waals surface area contributed by atoms with E-state index in [9.17, 15) is 10.1 Å². The van der Waals surface area contributed by atoms with Crippen LogP contribution in [0.2, 0.25) is 0 Å². The van der Waals surface area contributed by atoms with E-state index >= 15 is 0 Å². The van der Waals surface area contributed by atoms with E-state index in [0.717, 1.165) is 16.8 Å². The number of anilines is 1. The third-order valence-electron chi connectivity index (χ3n) is 3.05. The minimum Gasteiger partial charge on any atom is -0.261 e. The molecule has 0 spiro atoms. The van der Waals surface area contributed by atoms with Crippen LogP contribution in [0.4, 0.5) is 11.4 Å². The molecule has 2 aromatic carbocycles. The van der Waals surface area contributed by atoms with E-state index in [1.54, 1.807) is 17.3 Å². The van der Waals surface area contributed by atoms with Crippen LogP contribution in [-0.2, 0) is 6.54 Å². The standard InChI is InChI=1S/C14H11N3O2/c18-17(19)14-7-3-6-13(8-14)16-10-12-5-2-1-4-11(12)9-15-16/h1-9H,10H2. The molecule has 0 aliphatic carbocycles. The van der Waals surface area contributed by atoms with Gasteiger partial charge in [0.25, 0.3) is 5.69 Å². The molecule has 0 unspecified atom stereocenters. The van der Waals surface area contributed by atoms with Crippen molar-refractivity contribution in [1.29, 1.82) is 0 Å². The second-order valence-corrected chi connectivity index (χ2v) is 4.28. The highest BCUT2D eigenvalue weighted by atomic mass is 16.6. The van der Waals surface area contributed by atoms with E-state index in [2.05, 4.69) is 5.10 Å². The maximum absolute atomic E-state index is 10.8. The van der Waals surface area contributed by atoms with Crippen molar-refractivity contribution in [3.8, 4) is 0 Å². The number of hydrogen-bond donors (Lipinski definition) is 0. The van der Waals surface area contributed by atoms with Gasteiger partial charge >= 0.3 is 0 Å². The zero-order valence-electron chi connectivity index (χ0n) is 10.1. The van der Waals surface area contributed by atoms with Gasteiger partial charge in [-0.1, -0.05) is 30.3 Å². The predicted octanol–water partition coefficient (Wildman–Crippen LogP) is 2.95. The number of fused-ring (bicyclic) bond motifs is 1. The average Bonchev–Trinajstić information content (AvgIpc) is 2.47. The number of nitro groups is 1. The molecule has 94 valence electrons. The quantitative estimate of drug-likeness (QED) is 0.610. The molecule has 1 aliphatic rings. The van der Waals surface area contributed by atoms with Gasteiger partial charge in [0.2, 0.25) is 0 Å². The Morgan fingerprint density at radius 2 is 2.00 bits per heavy atom. The molecule has 0 saturated carbocycles. The van der Waals surface area contributed by atoms with Crippen molar-refractivity contribution in [2.45, 2.75) is 6.54 Å². The van der Waals surface area contributed by atoms with E-state index in [1.807, 2.05) is 30.3 Å². The number of benzene rings is 2. The van der Waals surface area contributed by atoms with Crippen LogP contribution in [0.25, 0.3) is 0 Å². The Morgan fingerprint density at radius 1 is 1.16 bits per heavy atom. The molecule has 0 amide bonds. The van der Waals surface area contributed by atoms with Crippen molar-refractivity contribution in [2.24, 2.45) is 5.10 Å². The minimum atomic E-state index is -0.398. The van der Waals surface area contributed by atoms with Crippen molar-refractivity contribution < 1.29 is 4.92 Å². The fourth-order valence-electron chi connectivity index (χ4n) is 2.06. The lowest BCUT2D eigenvalue weighted by molar-refractivity contribution is -0.384. The van der Waals surface area contributed by atoms with Gasteiger partial charge in [0, 0.05) is 12.1 Å². The summed E-state index contributed by atoms with van der Waals surface area (Å²) in [6.45, 7) is 0.619. The molecule has 5 nitrogen and oxygen atoms in total. The number of hydrazone groups is 1. The van der Waals surface area contributed by atoms with Crippen molar-refractivity contribution in [2.75, 3.05) is 5.01 Å². The van der Waals surface area contributed by atoms with Gasteiger partial charge in [-0.25, -0.2) is 0 Å². The number of nitro benzene ring substituents is 1. The Balaban J connectivity index is 1.93. The Morgan fingerprint density at radius 3 is 2.84 bits per heavy atom.